The molecule has 0 spiro atoms. The van der Waals surface area contributed by atoms with Gasteiger partial charge in [0.25, 0.3) is 0 Å². The summed E-state index contributed by atoms with van der Waals surface area (Å²) >= 11 is 0. The normalized spacial score (nSPS) is 13.7. The lowest BCUT2D eigenvalue weighted by atomic mass is 9.97. The van der Waals surface area contributed by atoms with Gasteiger partial charge in [-0.15, -0.1) is 0 Å². The van der Waals surface area contributed by atoms with Gasteiger partial charge in [0.05, 0.1) is 5.69 Å². The molecule has 9 nitrogen and oxygen atoms in total. The zero-order chi connectivity index (χ0) is 22.1. The molecule has 4 rings (SSSR count). The maximum Gasteiger partial charge on any atom is 0.414 e. The summed E-state index contributed by atoms with van der Waals surface area (Å²) in [6.45, 7) is 5.04. The maximum absolute atomic E-state index is 15.2. The number of anilines is 2. The second-order valence-corrected chi connectivity index (χ2v) is 7.32. The second kappa shape index (κ2) is 8.23. The smallest absolute Gasteiger partial charge is 0.414 e. The first-order chi connectivity index (χ1) is 14.9. The average Bonchev–Trinajstić information content (AvgIpc) is 2.76. The highest BCUT2D eigenvalue weighted by atomic mass is 19.1. The van der Waals surface area contributed by atoms with Crippen LogP contribution in [-0.2, 0) is 0 Å². The number of nitrogens with one attached hydrogen (secondary N) is 2. The number of aromatic nitrogens is 2. The van der Waals surface area contributed by atoms with Crippen LogP contribution in [0.2, 0.25) is 0 Å². The third-order valence-electron chi connectivity index (χ3n) is 5.13. The molecular weight excluding hydrogens is 403 g/mol. The first-order valence-electron chi connectivity index (χ1n) is 9.81. The van der Waals surface area contributed by atoms with Gasteiger partial charge in [0.2, 0.25) is 11.8 Å². The number of halogens is 1. The molecule has 1 amide bonds. The molecule has 31 heavy (non-hydrogen) atoms. The fourth-order valence-corrected chi connectivity index (χ4v) is 3.41. The van der Waals surface area contributed by atoms with Crippen LogP contribution < -0.4 is 31.6 Å². The summed E-state index contributed by atoms with van der Waals surface area (Å²) < 4.78 is 25.9. The van der Waals surface area contributed by atoms with Crippen LogP contribution in [0.25, 0.3) is 21.9 Å². The van der Waals surface area contributed by atoms with E-state index in [0.29, 0.717) is 35.4 Å². The molecule has 0 saturated carbocycles. The highest BCUT2D eigenvalue weighted by molar-refractivity contribution is 5.98. The van der Waals surface area contributed by atoms with E-state index in [1.165, 1.54) is 12.3 Å². The van der Waals surface area contributed by atoms with Gasteiger partial charge >= 0.3 is 6.09 Å². The van der Waals surface area contributed by atoms with Gasteiger partial charge in [0.1, 0.15) is 12.3 Å². The number of amides is 1. The van der Waals surface area contributed by atoms with Crippen LogP contribution in [0, 0.1) is 12.7 Å². The first-order valence-corrected chi connectivity index (χ1v) is 9.81. The van der Waals surface area contributed by atoms with E-state index in [2.05, 4.69) is 20.6 Å². The molecule has 1 atom stereocenters. The number of nitrogens with two attached hydrogens (primary N) is 2. The van der Waals surface area contributed by atoms with E-state index in [-0.39, 0.29) is 29.7 Å². The number of carbonyl (C=O) groups excluding carboxylic acids is 1. The van der Waals surface area contributed by atoms with Gasteiger partial charge in [-0.3, -0.25) is 0 Å². The molecule has 1 unspecified atom stereocenters. The minimum absolute atomic E-state index is 0.0471. The largest absolute Gasteiger partial charge is 0.474 e. The summed E-state index contributed by atoms with van der Waals surface area (Å²) in [6.07, 6.45) is 2.26. The van der Waals surface area contributed by atoms with E-state index < -0.39 is 11.9 Å². The van der Waals surface area contributed by atoms with Crippen LogP contribution in [0.4, 0.5) is 20.6 Å². The summed E-state index contributed by atoms with van der Waals surface area (Å²) in [5.41, 5.74) is 13.9. The number of rotatable bonds is 4. The Morgan fingerprint density at radius 3 is 2.94 bits per heavy atom. The number of hydrogen-bond donors (Lipinski definition) is 4. The molecule has 0 fully saturated rings. The van der Waals surface area contributed by atoms with Gasteiger partial charge < -0.3 is 31.6 Å². The molecule has 3 heterocycles. The Labute approximate surface area is 177 Å². The number of nitrogen functional groups attached to an aromatic ring is 1. The molecule has 0 bridgehead atoms. The van der Waals surface area contributed by atoms with E-state index in [1.807, 2.05) is 6.92 Å². The quantitative estimate of drug-likeness (QED) is 0.467. The molecule has 6 N–H and O–H groups in total. The van der Waals surface area contributed by atoms with E-state index >= 15 is 4.39 Å². The number of nitrogens with zero attached hydrogens (tertiary/aromatic N) is 2. The lowest BCUT2D eigenvalue weighted by molar-refractivity contribution is 0.195. The van der Waals surface area contributed by atoms with Crippen molar-refractivity contribution in [2.75, 3.05) is 30.7 Å². The second-order valence-electron chi connectivity index (χ2n) is 7.32. The van der Waals surface area contributed by atoms with Crippen LogP contribution in [-0.4, -0.2) is 41.8 Å². The SMILES string of the molecule is Cc1c(-c2cc3cc(OC(=O)NC(C)CN)ncc3c(N)c2F)cnc2c1NCCO2. The molecule has 0 saturated heterocycles. The lowest BCUT2D eigenvalue weighted by Gasteiger charge is -2.22. The Kier molecular flexibility index (Phi) is 5.47. The molecule has 1 aromatic carbocycles. The molecule has 2 aromatic heterocycles. The third kappa shape index (κ3) is 3.89. The third-order valence-corrected chi connectivity index (χ3v) is 5.13. The Hall–Kier alpha value is -3.66. The van der Waals surface area contributed by atoms with E-state index in [1.54, 1.807) is 19.2 Å². The highest BCUT2D eigenvalue weighted by Gasteiger charge is 2.21. The molecular formula is C21H23FN6O3. The molecule has 0 radical (unpaired) electrons. The van der Waals surface area contributed by atoms with E-state index in [0.717, 1.165) is 11.3 Å². The average molecular weight is 426 g/mol. The molecule has 1 aliphatic rings. The number of benzene rings is 1. The number of carbonyl (C=O) groups is 1. The molecule has 0 aliphatic carbocycles. The first kappa shape index (κ1) is 20.6. The van der Waals surface area contributed by atoms with Gasteiger partial charge in [-0.05, 0) is 30.9 Å². The van der Waals surface area contributed by atoms with Crippen LogP contribution in [0.5, 0.6) is 11.8 Å². The topological polar surface area (TPSA) is 137 Å². The fourth-order valence-electron chi connectivity index (χ4n) is 3.41. The monoisotopic (exact) mass is 426 g/mol. The Morgan fingerprint density at radius 2 is 2.16 bits per heavy atom. The van der Waals surface area contributed by atoms with Crippen molar-refractivity contribution in [2.24, 2.45) is 5.73 Å². The molecule has 3 aromatic rings. The van der Waals surface area contributed by atoms with Gasteiger partial charge in [0, 0.05) is 54.1 Å². The van der Waals surface area contributed by atoms with Crippen molar-refractivity contribution in [3.05, 3.63) is 35.9 Å². The van der Waals surface area contributed by atoms with Crippen molar-refractivity contribution in [1.29, 1.82) is 0 Å². The Morgan fingerprint density at radius 1 is 1.35 bits per heavy atom. The summed E-state index contributed by atoms with van der Waals surface area (Å²) in [7, 11) is 0. The molecule has 10 heteroatoms. The Balaban J connectivity index is 1.75. The van der Waals surface area contributed by atoms with Gasteiger partial charge in [-0.1, -0.05) is 0 Å². The minimum atomic E-state index is -0.680. The van der Waals surface area contributed by atoms with E-state index in [4.69, 9.17) is 20.9 Å². The zero-order valence-corrected chi connectivity index (χ0v) is 17.2. The van der Waals surface area contributed by atoms with Crippen LogP contribution in [0.15, 0.2) is 24.5 Å². The summed E-state index contributed by atoms with van der Waals surface area (Å²) in [6, 6.07) is 2.92. The molecule has 162 valence electrons. The van der Waals surface area contributed by atoms with Gasteiger partial charge in [-0.2, -0.15) is 0 Å². The van der Waals surface area contributed by atoms with E-state index in [9.17, 15) is 4.79 Å². The number of fused-ring (bicyclic) bond motifs is 2. The number of pyridine rings is 2. The van der Waals surface area contributed by atoms with Gasteiger partial charge in [-0.25, -0.2) is 19.2 Å². The van der Waals surface area contributed by atoms with Gasteiger partial charge in [0.15, 0.2) is 5.82 Å². The van der Waals surface area contributed by atoms with Crippen LogP contribution in [0.3, 0.4) is 0 Å². The zero-order valence-electron chi connectivity index (χ0n) is 17.2. The van der Waals surface area contributed by atoms with Crippen LogP contribution in [0.1, 0.15) is 12.5 Å². The predicted molar refractivity (Wildman–Crippen MR) is 116 cm³/mol. The highest BCUT2D eigenvalue weighted by Crippen LogP contribution is 2.39. The van der Waals surface area contributed by atoms with Crippen molar-refractivity contribution >= 4 is 28.2 Å². The van der Waals surface area contributed by atoms with Crippen molar-refractivity contribution in [2.45, 2.75) is 19.9 Å². The number of ether oxygens (including phenoxy) is 2. The molecule has 1 aliphatic heterocycles. The van der Waals surface area contributed by atoms with Crippen molar-refractivity contribution < 1.29 is 18.7 Å². The minimum Gasteiger partial charge on any atom is -0.474 e. The lowest BCUT2D eigenvalue weighted by Crippen LogP contribution is -2.39. The van der Waals surface area contributed by atoms with Crippen molar-refractivity contribution in [3.63, 3.8) is 0 Å². The summed E-state index contributed by atoms with van der Waals surface area (Å²) in [4.78, 5) is 20.3. The standard InChI is InChI=1S/C21H23FN6O3/c1-10(7-23)28-21(29)31-16-6-12-5-13(17(22)18(24)15(12)9-26-16)14-8-27-20-19(11(14)2)25-3-4-30-20/h5-6,8-10,25H,3-4,7,23-24H2,1-2H3,(H,28,29). The maximum atomic E-state index is 15.2. The van der Waals surface area contributed by atoms with Crippen molar-refractivity contribution in [3.8, 4) is 22.9 Å². The summed E-state index contributed by atoms with van der Waals surface area (Å²) in [5.74, 6) is -0.0279. The Bertz CT molecular complexity index is 1170. The van der Waals surface area contributed by atoms with Crippen LogP contribution >= 0.6 is 0 Å². The summed E-state index contributed by atoms with van der Waals surface area (Å²) in [5, 5.41) is 6.80. The number of hydrogen-bond acceptors (Lipinski definition) is 8. The predicted octanol–water partition coefficient (Wildman–Crippen LogP) is 2.57. The van der Waals surface area contributed by atoms with Crippen molar-refractivity contribution in [1.82, 2.24) is 15.3 Å². The fraction of sp³-hybridized carbons (Fsp3) is 0.286.